The minimum Gasteiger partial charge on any atom is -0.445 e. The van der Waals surface area contributed by atoms with Crippen molar-refractivity contribution >= 4 is 26.7 Å². The lowest BCUT2D eigenvalue weighted by molar-refractivity contribution is 0.458. The Bertz CT molecular complexity index is 1830. The van der Waals surface area contributed by atoms with Gasteiger partial charge in [0.15, 0.2) is 5.76 Å². The van der Waals surface area contributed by atoms with E-state index in [1.54, 1.807) is 32.3 Å². The SMILES string of the molecule is CCS(=O)(=O)Nc1cnc(Oc2c(C)cccc2C)c(-c2cn(C)c(=O)c3oc(-c4nnc(C)o4)cc23)c1. The molecule has 0 bridgehead atoms. The second-order valence-corrected chi connectivity index (χ2v) is 10.9. The van der Waals surface area contributed by atoms with Crippen LogP contribution in [0.1, 0.15) is 23.9 Å². The highest BCUT2D eigenvalue weighted by Gasteiger charge is 2.22. The number of sulfonamides is 1. The molecule has 11 nitrogen and oxygen atoms in total. The molecule has 0 radical (unpaired) electrons. The van der Waals surface area contributed by atoms with Gasteiger partial charge in [0, 0.05) is 36.7 Å². The minimum atomic E-state index is -3.58. The summed E-state index contributed by atoms with van der Waals surface area (Å²) in [6.07, 6.45) is 3.01. The lowest BCUT2D eigenvalue weighted by Crippen LogP contribution is -2.16. The molecule has 0 aliphatic carbocycles. The van der Waals surface area contributed by atoms with Crippen LogP contribution in [0.3, 0.4) is 0 Å². The van der Waals surface area contributed by atoms with E-state index < -0.39 is 10.0 Å². The predicted octanol–water partition coefficient (Wildman–Crippen LogP) is 4.72. The molecule has 38 heavy (non-hydrogen) atoms. The lowest BCUT2D eigenvalue weighted by atomic mass is 10.0. The highest BCUT2D eigenvalue weighted by molar-refractivity contribution is 7.92. The molecule has 0 atom stereocenters. The summed E-state index contributed by atoms with van der Waals surface area (Å²) < 4.78 is 46.2. The van der Waals surface area contributed by atoms with Crippen molar-refractivity contribution in [1.29, 1.82) is 0 Å². The molecule has 0 saturated carbocycles. The van der Waals surface area contributed by atoms with Crippen molar-refractivity contribution < 1.29 is 22.0 Å². The molecule has 0 aliphatic heterocycles. The predicted molar refractivity (Wildman–Crippen MR) is 142 cm³/mol. The number of hydrogen-bond donors (Lipinski definition) is 1. The maximum Gasteiger partial charge on any atom is 0.293 e. The third-order valence-electron chi connectivity index (χ3n) is 6.00. The maximum atomic E-state index is 13.0. The molecule has 0 unspecified atom stereocenters. The molecule has 0 spiro atoms. The van der Waals surface area contributed by atoms with Crippen LogP contribution in [0.4, 0.5) is 5.69 Å². The van der Waals surface area contributed by atoms with E-state index in [9.17, 15) is 13.2 Å². The Morgan fingerprint density at radius 1 is 1.05 bits per heavy atom. The molecule has 5 aromatic rings. The van der Waals surface area contributed by atoms with Crippen LogP contribution in [0.15, 0.2) is 56.4 Å². The van der Waals surface area contributed by atoms with Gasteiger partial charge in [0.2, 0.25) is 27.4 Å². The van der Waals surface area contributed by atoms with Crippen molar-refractivity contribution in [2.75, 3.05) is 10.5 Å². The smallest absolute Gasteiger partial charge is 0.293 e. The number of benzene rings is 1. The molecule has 0 amide bonds. The van der Waals surface area contributed by atoms with Gasteiger partial charge in [-0.2, -0.15) is 0 Å². The number of rotatable bonds is 7. The van der Waals surface area contributed by atoms with Crippen LogP contribution in [-0.4, -0.2) is 33.9 Å². The second kappa shape index (κ2) is 9.45. The Morgan fingerprint density at radius 2 is 1.79 bits per heavy atom. The van der Waals surface area contributed by atoms with Gasteiger partial charge in [0.1, 0.15) is 5.75 Å². The number of para-hydroxylation sites is 1. The first-order valence-electron chi connectivity index (χ1n) is 11.7. The topological polar surface area (TPSA) is 142 Å². The number of anilines is 1. The lowest BCUT2D eigenvalue weighted by Gasteiger charge is -2.16. The first kappa shape index (κ1) is 25.2. The summed E-state index contributed by atoms with van der Waals surface area (Å²) in [5.41, 5.74) is 2.70. The van der Waals surface area contributed by atoms with E-state index in [0.29, 0.717) is 28.2 Å². The monoisotopic (exact) mass is 535 g/mol. The van der Waals surface area contributed by atoms with Crippen LogP contribution in [-0.2, 0) is 17.1 Å². The normalized spacial score (nSPS) is 11.7. The van der Waals surface area contributed by atoms with Crippen LogP contribution < -0.4 is 15.0 Å². The quantitative estimate of drug-likeness (QED) is 0.313. The summed E-state index contributed by atoms with van der Waals surface area (Å²) in [6, 6.07) is 9.02. The summed E-state index contributed by atoms with van der Waals surface area (Å²) in [4.78, 5) is 17.5. The van der Waals surface area contributed by atoms with Crippen LogP contribution in [0, 0.1) is 20.8 Å². The minimum absolute atomic E-state index is 0.0633. The zero-order chi connectivity index (χ0) is 27.2. The average Bonchev–Trinajstić information content (AvgIpc) is 3.51. The number of aromatic nitrogens is 4. The van der Waals surface area contributed by atoms with Crippen molar-refractivity contribution in [3.63, 3.8) is 0 Å². The molecule has 1 N–H and O–H groups in total. The van der Waals surface area contributed by atoms with E-state index in [0.717, 1.165) is 11.1 Å². The Morgan fingerprint density at radius 3 is 2.45 bits per heavy atom. The number of ether oxygens (including phenoxy) is 1. The van der Waals surface area contributed by atoms with Gasteiger partial charge in [-0.15, -0.1) is 10.2 Å². The summed E-state index contributed by atoms with van der Waals surface area (Å²) in [5.74, 6) is 1.43. The summed E-state index contributed by atoms with van der Waals surface area (Å²) >= 11 is 0. The van der Waals surface area contributed by atoms with E-state index in [-0.39, 0.29) is 40.1 Å². The number of furan rings is 1. The molecule has 0 aliphatic rings. The fraction of sp³-hybridized carbons (Fsp3) is 0.231. The first-order valence-corrected chi connectivity index (χ1v) is 13.4. The van der Waals surface area contributed by atoms with E-state index in [4.69, 9.17) is 13.6 Å². The Labute approximate surface area is 218 Å². The highest BCUT2D eigenvalue weighted by atomic mass is 32.2. The van der Waals surface area contributed by atoms with Crippen LogP contribution in [0.2, 0.25) is 0 Å². The van der Waals surface area contributed by atoms with Gasteiger partial charge < -0.3 is 18.1 Å². The third kappa shape index (κ3) is 4.65. The fourth-order valence-corrected chi connectivity index (χ4v) is 4.65. The Kier molecular flexibility index (Phi) is 6.27. The van der Waals surface area contributed by atoms with Gasteiger partial charge in [-0.1, -0.05) is 18.2 Å². The average molecular weight is 536 g/mol. The third-order valence-corrected chi connectivity index (χ3v) is 7.31. The molecule has 5 rings (SSSR count). The maximum absolute atomic E-state index is 13.0. The Hall–Kier alpha value is -4.45. The molecule has 12 heteroatoms. The van der Waals surface area contributed by atoms with E-state index >= 15 is 0 Å². The van der Waals surface area contributed by atoms with Crippen molar-refractivity contribution in [2.24, 2.45) is 7.05 Å². The summed E-state index contributed by atoms with van der Waals surface area (Å²) in [6.45, 7) is 7.03. The molecule has 4 aromatic heterocycles. The van der Waals surface area contributed by atoms with Crippen LogP contribution in [0.25, 0.3) is 33.7 Å². The number of nitrogens with zero attached hydrogens (tertiary/aromatic N) is 4. The standard InChI is InChI=1S/C26H25N5O6S/c1-6-38(33,34)30-17-10-19(24(27-12-17)37-22-14(2)8-7-9-15(22)3)20-13-31(5)26(32)23-18(20)11-21(36-23)25-29-28-16(4)35-25/h7-13,30H,6H2,1-5H3. The van der Waals surface area contributed by atoms with Crippen molar-refractivity contribution in [3.8, 4) is 34.4 Å². The van der Waals surface area contributed by atoms with Gasteiger partial charge in [0.25, 0.3) is 11.4 Å². The van der Waals surface area contributed by atoms with Gasteiger partial charge in [0.05, 0.1) is 17.6 Å². The van der Waals surface area contributed by atoms with Crippen molar-refractivity contribution in [1.82, 2.24) is 19.7 Å². The molecule has 0 fully saturated rings. The van der Waals surface area contributed by atoms with Gasteiger partial charge in [-0.25, -0.2) is 13.4 Å². The molecule has 1 aromatic carbocycles. The largest absolute Gasteiger partial charge is 0.445 e. The van der Waals surface area contributed by atoms with Gasteiger partial charge in [-0.05, 0) is 44.0 Å². The molecular weight excluding hydrogens is 510 g/mol. The fourth-order valence-electron chi connectivity index (χ4n) is 4.04. The number of nitrogens with one attached hydrogen (secondary N) is 1. The number of aryl methyl sites for hydroxylation is 4. The summed E-state index contributed by atoms with van der Waals surface area (Å²) in [7, 11) is -1.99. The zero-order valence-corrected chi connectivity index (χ0v) is 22.2. The highest BCUT2D eigenvalue weighted by Crippen LogP contribution is 2.40. The molecule has 196 valence electrons. The Balaban J connectivity index is 1.76. The summed E-state index contributed by atoms with van der Waals surface area (Å²) in [5, 5.41) is 8.27. The number of fused-ring (bicyclic) bond motifs is 1. The van der Waals surface area contributed by atoms with Gasteiger partial charge >= 0.3 is 0 Å². The van der Waals surface area contributed by atoms with E-state index in [1.165, 1.54) is 17.7 Å². The molecule has 0 saturated heterocycles. The van der Waals surface area contributed by atoms with E-state index in [2.05, 4.69) is 19.9 Å². The number of hydrogen-bond acceptors (Lipinski definition) is 9. The van der Waals surface area contributed by atoms with E-state index in [1.807, 2.05) is 32.0 Å². The molecule has 4 heterocycles. The van der Waals surface area contributed by atoms with Gasteiger partial charge in [-0.3, -0.25) is 9.52 Å². The van der Waals surface area contributed by atoms with Crippen LogP contribution >= 0.6 is 0 Å². The number of pyridine rings is 2. The molecular formula is C26H25N5O6S. The first-order chi connectivity index (χ1) is 18.1. The van der Waals surface area contributed by atoms with Crippen molar-refractivity contribution in [3.05, 3.63) is 70.1 Å². The second-order valence-electron chi connectivity index (χ2n) is 8.84. The van der Waals surface area contributed by atoms with Crippen molar-refractivity contribution in [2.45, 2.75) is 27.7 Å². The van der Waals surface area contributed by atoms with Crippen LogP contribution in [0.5, 0.6) is 11.6 Å². The zero-order valence-electron chi connectivity index (χ0n) is 21.4.